The van der Waals surface area contributed by atoms with Gasteiger partial charge in [-0.3, -0.25) is 14.4 Å². The van der Waals surface area contributed by atoms with Crippen LogP contribution in [0.1, 0.15) is 23.7 Å². The highest BCUT2D eigenvalue weighted by Crippen LogP contribution is 2.32. The van der Waals surface area contributed by atoms with Gasteiger partial charge in [0.05, 0.1) is 16.9 Å². The number of nitrogens with one attached hydrogen (secondary N) is 1. The molecule has 146 valence electrons. The van der Waals surface area contributed by atoms with Crippen LogP contribution in [0.5, 0.6) is 5.75 Å². The van der Waals surface area contributed by atoms with Gasteiger partial charge in [-0.1, -0.05) is 42.5 Å². The van der Waals surface area contributed by atoms with Gasteiger partial charge >= 0.3 is 0 Å². The highest BCUT2D eigenvalue weighted by atomic mass is 16.5. The van der Waals surface area contributed by atoms with Crippen LogP contribution in [0, 0.1) is 0 Å². The van der Waals surface area contributed by atoms with Crippen molar-refractivity contribution in [3.8, 4) is 5.75 Å². The van der Waals surface area contributed by atoms with Crippen molar-refractivity contribution in [1.82, 2.24) is 0 Å². The lowest BCUT2D eigenvalue weighted by molar-refractivity contribution is -0.121. The zero-order chi connectivity index (χ0) is 20.4. The Morgan fingerprint density at radius 2 is 1.90 bits per heavy atom. The number of anilines is 2. The molecule has 0 saturated carbocycles. The molecule has 1 N–H and O–H groups in total. The van der Waals surface area contributed by atoms with Crippen LogP contribution < -0.4 is 15.0 Å². The molecule has 6 heteroatoms. The van der Waals surface area contributed by atoms with Crippen molar-refractivity contribution in [1.29, 1.82) is 0 Å². The van der Waals surface area contributed by atoms with E-state index in [1.165, 1.54) is 0 Å². The number of aldehydes is 1. The first-order chi connectivity index (χ1) is 14.1. The average molecular weight is 388 g/mol. The van der Waals surface area contributed by atoms with Crippen LogP contribution in [0.2, 0.25) is 0 Å². The zero-order valence-electron chi connectivity index (χ0n) is 15.9. The number of fused-ring (bicyclic) bond motifs is 2. The Kier molecular flexibility index (Phi) is 4.99. The number of amides is 2. The molecule has 3 aromatic carbocycles. The van der Waals surface area contributed by atoms with Crippen LogP contribution in [0.25, 0.3) is 10.8 Å². The lowest BCUT2D eigenvalue weighted by atomic mass is 10.0. The fourth-order valence-corrected chi connectivity index (χ4v) is 3.70. The van der Waals surface area contributed by atoms with E-state index in [-0.39, 0.29) is 30.9 Å². The standard InChI is InChI=1S/C23H20N2O4/c1-15-12-22(27)24-19-8-4-5-9-20(19)25(15)23(28)14-29-21-11-10-16-6-2-3-7-17(16)18(21)13-26/h2-11,13,15H,12,14H2,1H3,(H,24,27). The van der Waals surface area contributed by atoms with E-state index in [2.05, 4.69) is 5.32 Å². The molecule has 0 fully saturated rings. The first-order valence-electron chi connectivity index (χ1n) is 9.39. The quantitative estimate of drug-likeness (QED) is 0.690. The van der Waals surface area contributed by atoms with E-state index < -0.39 is 0 Å². The number of hydrogen-bond acceptors (Lipinski definition) is 4. The highest BCUT2D eigenvalue weighted by Gasteiger charge is 2.29. The van der Waals surface area contributed by atoms with Crippen molar-refractivity contribution in [2.24, 2.45) is 0 Å². The van der Waals surface area contributed by atoms with Crippen molar-refractivity contribution >= 4 is 40.2 Å². The topological polar surface area (TPSA) is 75.7 Å². The SMILES string of the molecule is CC1CC(=O)Nc2ccccc2N1C(=O)COc1ccc2ccccc2c1C=O. The minimum atomic E-state index is -0.322. The molecule has 29 heavy (non-hydrogen) atoms. The van der Waals surface area contributed by atoms with Gasteiger partial charge in [-0.15, -0.1) is 0 Å². The summed E-state index contributed by atoms with van der Waals surface area (Å²) in [6.45, 7) is 1.58. The molecule has 1 aliphatic heterocycles. The molecule has 0 aromatic heterocycles. The first-order valence-corrected chi connectivity index (χ1v) is 9.39. The Labute approximate surface area is 168 Å². The van der Waals surface area contributed by atoms with Gasteiger partial charge in [0.1, 0.15) is 5.75 Å². The first kappa shape index (κ1) is 18.7. The largest absolute Gasteiger partial charge is 0.483 e. The Bertz CT molecular complexity index is 1110. The van der Waals surface area contributed by atoms with Crippen molar-refractivity contribution in [3.05, 3.63) is 66.2 Å². The number of para-hydroxylation sites is 2. The van der Waals surface area contributed by atoms with E-state index in [0.29, 0.717) is 22.7 Å². The molecule has 0 bridgehead atoms. The summed E-state index contributed by atoms with van der Waals surface area (Å²) in [5.41, 5.74) is 1.64. The summed E-state index contributed by atoms with van der Waals surface area (Å²) in [7, 11) is 0. The molecule has 4 rings (SSSR count). The van der Waals surface area contributed by atoms with Gasteiger partial charge in [0.25, 0.3) is 5.91 Å². The molecule has 0 saturated heterocycles. The van der Waals surface area contributed by atoms with Gasteiger partial charge in [-0.05, 0) is 35.9 Å². The summed E-state index contributed by atoms with van der Waals surface area (Å²) in [5.74, 6) is -0.0672. The van der Waals surface area contributed by atoms with Crippen LogP contribution in [0.4, 0.5) is 11.4 Å². The number of nitrogens with zero attached hydrogens (tertiary/aromatic N) is 1. The normalized spacial score (nSPS) is 16.0. The lowest BCUT2D eigenvalue weighted by Gasteiger charge is -2.27. The Morgan fingerprint density at radius 1 is 1.14 bits per heavy atom. The number of ether oxygens (including phenoxy) is 1. The second kappa shape index (κ2) is 7.75. The summed E-state index contributed by atoms with van der Waals surface area (Å²) in [6, 6.07) is 17.9. The van der Waals surface area contributed by atoms with Crippen molar-refractivity contribution in [3.63, 3.8) is 0 Å². The van der Waals surface area contributed by atoms with Crippen LogP contribution >= 0.6 is 0 Å². The van der Waals surface area contributed by atoms with Crippen molar-refractivity contribution in [2.75, 3.05) is 16.8 Å². The maximum atomic E-state index is 13.0. The summed E-state index contributed by atoms with van der Waals surface area (Å²) < 4.78 is 5.75. The van der Waals surface area contributed by atoms with E-state index in [0.717, 1.165) is 17.1 Å². The fraction of sp³-hybridized carbons (Fsp3) is 0.174. The van der Waals surface area contributed by atoms with Gasteiger partial charge in [-0.25, -0.2) is 0 Å². The second-order valence-corrected chi connectivity index (χ2v) is 6.99. The molecule has 2 amide bonds. The number of benzene rings is 3. The molecule has 1 atom stereocenters. The lowest BCUT2D eigenvalue weighted by Crippen LogP contribution is -2.41. The van der Waals surface area contributed by atoms with Gasteiger partial charge in [0.15, 0.2) is 12.9 Å². The highest BCUT2D eigenvalue weighted by molar-refractivity contribution is 6.05. The predicted octanol–water partition coefficient (Wildman–Crippen LogP) is 3.80. The third-order valence-electron chi connectivity index (χ3n) is 5.03. The molecule has 1 heterocycles. The maximum Gasteiger partial charge on any atom is 0.265 e. The predicted molar refractivity (Wildman–Crippen MR) is 111 cm³/mol. The number of carbonyl (C=O) groups excluding carboxylic acids is 3. The van der Waals surface area contributed by atoms with E-state index >= 15 is 0 Å². The van der Waals surface area contributed by atoms with Crippen molar-refractivity contribution < 1.29 is 19.1 Å². The molecule has 0 radical (unpaired) electrons. The third kappa shape index (κ3) is 3.57. The fourth-order valence-electron chi connectivity index (χ4n) is 3.70. The molecule has 0 spiro atoms. The molecular formula is C23H20N2O4. The molecule has 3 aromatic rings. The van der Waals surface area contributed by atoms with Crippen LogP contribution in [-0.2, 0) is 9.59 Å². The molecular weight excluding hydrogens is 368 g/mol. The minimum absolute atomic E-state index is 0.140. The van der Waals surface area contributed by atoms with Crippen LogP contribution in [0.3, 0.4) is 0 Å². The van der Waals surface area contributed by atoms with E-state index in [4.69, 9.17) is 4.74 Å². The number of carbonyl (C=O) groups is 3. The Hall–Kier alpha value is -3.67. The average Bonchev–Trinajstić information content (AvgIpc) is 2.85. The van der Waals surface area contributed by atoms with Crippen LogP contribution in [0.15, 0.2) is 60.7 Å². The molecule has 0 aliphatic carbocycles. The van der Waals surface area contributed by atoms with Gasteiger partial charge in [-0.2, -0.15) is 0 Å². The van der Waals surface area contributed by atoms with Crippen molar-refractivity contribution in [2.45, 2.75) is 19.4 Å². The van der Waals surface area contributed by atoms with Gasteiger partial charge in [0, 0.05) is 12.5 Å². The van der Waals surface area contributed by atoms with Crippen LogP contribution in [-0.4, -0.2) is 30.7 Å². The minimum Gasteiger partial charge on any atom is -0.483 e. The Balaban J connectivity index is 1.61. The van der Waals surface area contributed by atoms with E-state index in [9.17, 15) is 14.4 Å². The third-order valence-corrected chi connectivity index (χ3v) is 5.03. The van der Waals surface area contributed by atoms with Gasteiger partial charge in [0.2, 0.25) is 5.91 Å². The summed E-state index contributed by atoms with van der Waals surface area (Å²) >= 11 is 0. The second-order valence-electron chi connectivity index (χ2n) is 6.99. The number of hydrogen-bond donors (Lipinski definition) is 1. The van der Waals surface area contributed by atoms with E-state index in [1.54, 1.807) is 29.2 Å². The molecule has 1 aliphatic rings. The Morgan fingerprint density at radius 3 is 2.72 bits per heavy atom. The maximum absolute atomic E-state index is 13.0. The molecule has 1 unspecified atom stereocenters. The summed E-state index contributed by atoms with van der Waals surface area (Å²) in [5, 5.41) is 4.53. The summed E-state index contributed by atoms with van der Waals surface area (Å²) in [6.07, 6.45) is 0.935. The number of rotatable bonds is 4. The van der Waals surface area contributed by atoms with Gasteiger partial charge < -0.3 is 15.0 Å². The monoisotopic (exact) mass is 388 g/mol. The molecule has 6 nitrogen and oxygen atoms in total. The van der Waals surface area contributed by atoms with E-state index in [1.807, 2.05) is 43.3 Å². The summed E-state index contributed by atoms with van der Waals surface area (Å²) in [4.78, 5) is 38.4. The smallest absolute Gasteiger partial charge is 0.265 e. The zero-order valence-corrected chi connectivity index (χ0v) is 15.9.